The van der Waals surface area contributed by atoms with Crippen molar-refractivity contribution in [1.29, 1.82) is 0 Å². The van der Waals surface area contributed by atoms with E-state index in [0.717, 1.165) is 48.5 Å². The monoisotopic (exact) mass is 352 g/mol. The van der Waals surface area contributed by atoms with Gasteiger partial charge in [0.2, 0.25) is 0 Å². The molecule has 0 radical (unpaired) electrons. The highest BCUT2D eigenvalue weighted by molar-refractivity contribution is 5.24. The number of benzene rings is 1. The normalized spacial score (nSPS) is 33.8. The Bertz CT molecular complexity index is 559. The second kappa shape index (κ2) is 6.58. The first-order chi connectivity index (χ1) is 11.9. The fraction of sp³-hybridized carbons (Fsp3) is 0.700. The van der Waals surface area contributed by atoms with Gasteiger partial charge in [-0.3, -0.25) is 0 Å². The fourth-order valence-electron chi connectivity index (χ4n) is 5.79. The van der Waals surface area contributed by atoms with Gasteiger partial charge in [-0.2, -0.15) is 13.2 Å². The number of alkyl halides is 3. The molecule has 1 aromatic rings. The Labute approximate surface area is 147 Å². The number of hydrogen-bond acceptors (Lipinski definition) is 2. The fourth-order valence-corrected chi connectivity index (χ4v) is 5.79. The molecule has 25 heavy (non-hydrogen) atoms. The summed E-state index contributed by atoms with van der Waals surface area (Å²) in [6.07, 6.45) is 4.13. The smallest absolute Gasteiger partial charge is 0.311 e. The lowest BCUT2D eigenvalue weighted by molar-refractivity contribution is -0.137. The first-order valence-corrected chi connectivity index (χ1v) is 9.54. The van der Waals surface area contributed by atoms with Crippen molar-refractivity contribution in [2.24, 2.45) is 17.8 Å². The third kappa shape index (κ3) is 3.87. The standard InChI is InChI=1S/C20H27F3N2/c21-20(22,23)18-3-1-14(2-4-18)13-24-5-6-25-19-10-15-7-16(11-19)9-17(8-15)12-19/h1-4,15-17,24-25H,5-13H2. The van der Waals surface area contributed by atoms with E-state index in [1.54, 1.807) is 12.1 Å². The average Bonchev–Trinajstić information content (AvgIpc) is 2.53. The minimum atomic E-state index is -4.26. The van der Waals surface area contributed by atoms with E-state index in [4.69, 9.17) is 0 Å². The lowest BCUT2D eigenvalue weighted by Gasteiger charge is -2.57. The summed E-state index contributed by atoms with van der Waals surface area (Å²) in [5.41, 5.74) is 0.688. The maximum atomic E-state index is 12.6. The molecule has 4 saturated carbocycles. The highest BCUT2D eigenvalue weighted by atomic mass is 19.4. The quantitative estimate of drug-likeness (QED) is 0.744. The van der Waals surface area contributed by atoms with Crippen molar-refractivity contribution in [2.75, 3.05) is 13.1 Å². The Kier molecular flexibility index (Phi) is 4.57. The molecule has 0 aliphatic heterocycles. The van der Waals surface area contributed by atoms with Crippen LogP contribution in [0.4, 0.5) is 13.2 Å². The van der Waals surface area contributed by atoms with Gasteiger partial charge in [-0.25, -0.2) is 0 Å². The summed E-state index contributed by atoms with van der Waals surface area (Å²) < 4.78 is 37.7. The van der Waals surface area contributed by atoms with Gasteiger partial charge in [0.05, 0.1) is 5.56 Å². The van der Waals surface area contributed by atoms with Crippen molar-refractivity contribution in [3.63, 3.8) is 0 Å². The first-order valence-electron chi connectivity index (χ1n) is 9.54. The Balaban J connectivity index is 1.20. The molecule has 4 bridgehead atoms. The lowest BCUT2D eigenvalue weighted by Crippen LogP contribution is -2.59. The van der Waals surface area contributed by atoms with Gasteiger partial charge in [0.1, 0.15) is 0 Å². The second-order valence-electron chi connectivity index (χ2n) is 8.50. The number of rotatable bonds is 6. The molecule has 0 atom stereocenters. The van der Waals surface area contributed by atoms with Gasteiger partial charge in [-0.1, -0.05) is 12.1 Å². The molecule has 5 rings (SSSR count). The number of hydrogen-bond donors (Lipinski definition) is 2. The summed E-state index contributed by atoms with van der Waals surface area (Å²) >= 11 is 0. The van der Waals surface area contributed by atoms with Crippen molar-refractivity contribution in [1.82, 2.24) is 10.6 Å². The molecular weight excluding hydrogens is 325 g/mol. The van der Waals surface area contributed by atoms with Gasteiger partial charge >= 0.3 is 6.18 Å². The van der Waals surface area contributed by atoms with Crippen LogP contribution in [0.2, 0.25) is 0 Å². The van der Waals surface area contributed by atoms with Crippen molar-refractivity contribution in [2.45, 2.75) is 56.8 Å². The SMILES string of the molecule is FC(F)(F)c1ccc(CNCCNC23CC4CC(CC(C4)C2)C3)cc1. The molecule has 5 heteroatoms. The summed E-state index contributed by atoms with van der Waals surface area (Å²) in [6, 6.07) is 5.43. The van der Waals surface area contributed by atoms with Crippen LogP contribution in [0.5, 0.6) is 0 Å². The van der Waals surface area contributed by atoms with E-state index in [9.17, 15) is 13.2 Å². The maximum Gasteiger partial charge on any atom is 0.416 e. The van der Waals surface area contributed by atoms with Crippen LogP contribution >= 0.6 is 0 Å². The summed E-state index contributed by atoms with van der Waals surface area (Å²) in [7, 11) is 0. The molecular formula is C20H27F3N2. The topological polar surface area (TPSA) is 24.1 Å². The number of halogens is 3. The Morgan fingerprint density at radius 1 is 0.880 bits per heavy atom. The Hall–Kier alpha value is -1.07. The van der Waals surface area contributed by atoms with E-state index in [2.05, 4.69) is 10.6 Å². The summed E-state index contributed by atoms with van der Waals surface area (Å²) in [6.45, 7) is 2.40. The van der Waals surface area contributed by atoms with Gasteiger partial charge in [-0.05, 0) is 74.0 Å². The van der Waals surface area contributed by atoms with Crippen LogP contribution in [-0.4, -0.2) is 18.6 Å². The molecule has 0 unspecified atom stereocenters. The van der Waals surface area contributed by atoms with E-state index >= 15 is 0 Å². The zero-order valence-electron chi connectivity index (χ0n) is 14.5. The zero-order valence-corrected chi connectivity index (χ0v) is 14.5. The van der Waals surface area contributed by atoms with Crippen molar-refractivity contribution in [3.05, 3.63) is 35.4 Å². The predicted molar refractivity (Wildman–Crippen MR) is 92.1 cm³/mol. The molecule has 2 N–H and O–H groups in total. The highest BCUT2D eigenvalue weighted by Crippen LogP contribution is 2.55. The van der Waals surface area contributed by atoms with E-state index in [1.807, 2.05) is 0 Å². The average molecular weight is 352 g/mol. The molecule has 0 spiro atoms. The van der Waals surface area contributed by atoms with E-state index < -0.39 is 11.7 Å². The molecule has 1 aromatic carbocycles. The molecule has 4 aliphatic carbocycles. The van der Waals surface area contributed by atoms with Crippen molar-refractivity contribution < 1.29 is 13.2 Å². The Morgan fingerprint density at radius 2 is 1.44 bits per heavy atom. The largest absolute Gasteiger partial charge is 0.416 e. The molecule has 4 fully saturated rings. The zero-order chi connectivity index (χ0) is 17.5. The lowest BCUT2D eigenvalue weighted by atomic mass is 9.53. The molecule has 0 amide bonds. The van der Waals surface area contributed by atoms with Gasteiger partial charge in [0.25, 0.3) is 0 Å². The third-order valence-corrected chi connectivity index (χ3v) is 6.45. The Morgan fingerprint density at radius 3 is 1.96 bits per heavy atom. The van der Waals surface area contributed by atoms with Crippen LogP contribution in [0.3, 0.4) is 0 Å². The van der Waals surface area contributed by atoms with Crippen LogP contribution in [-0.2, 0) is 12.7 Å². The van der Waals surface area contributed by atoms with E-state index in [0.29, 0.717) is 12.1 Å². The van der Waals surface area contributed by atoms with Crippen molar-refractivity contribution >= 4 is 0 Å². The van der Waals surface area contributed by atoms with E-state index in [1.165, 1.54) is 38.5 Å². The van der Waals surface area contributed by atoms with Crippen molar-refractivity contribution in [3.8, 4) is 0 Å². The van der Waals surface area contributed by atoms with Crippen LogP contribution < -0.4 is 10.6 Å². The van der Waals surface area contributed by atoms with Gasteiger partial charge in [-0.15, -0.1) is 0 Å². The van der Waals surface area contributed by atoms with Crippen LogP contribution in [0.25, 0.3) is 0 Å². The maximum absolute atomic E-state index is 12.6. The van der Waals surface area contributed by atoms with Gasteiger partial charge < -0.3 is 10.6 Å². The highest BCUT2D eigenvalue weighted by Gasteiger charge is 2.50. The molecule has 4 aliphatic rings. The number of nitrogens with one attached hydrogen (secondary N) is 2. The summed E-state index contributed by atoms with van der Waals surface area (Å²) in [4.78, 5) is 0. The predicted octanol–water partition coefficient (Wildman–Crippen LogP) is 4.35. The minimum absolute atomic E-state index is 0.380. The van der Waals surface area contributed by atoms with Crippen LogP contribution in [0, 0.1) is 17.8 Å². The van der Waals surface area contributed by atoms with E-state index in [-0.39, 0.29) is 0 Å². The molecule has 0 heterocycles. The molecule has 138 valence electrons. The first kappa shape index (κ1) is 17.3. The molecule has 0 aromatic heterocycles. The molecule has 2 nitrogen and oxygen atoms in total. The van der Waals surface area contributed by atoms with Crippen LogP contribution in [0.1, 0.15) is 49.7 Å². The minimum Gasteiger partial charge on any atom is -0.311 e. The van der Waals surface area contributed by atoms with Gasteiger partial charge in [0, 0.05) is 25.2 Å². The van der Waals surface area contributed by atoms with Gasteiger partial charge in [0.15, 0.2) is 0 Å². The summed E-state index contributed by atoms with van der Waals surface area (Å²) in [5, 5.41) is 7.18. The van der Waals surface area contributed by atoms with Crippen LogP contribution in [0.15, 0.2) is 24.3 Å². The summed E-state index contributed by atoms with van der Waals surface area (Å²) in [5.74, 6) is 2.83. The molecule has 0 saturated heterocycles. The second-order valence-corrected chi connectivity index (χ2v) is 8.50. The third-order valence-electron chi connectivity index (χ3n) is 6.45.